The Balaban J connectivity index is 1.49. The normalized spacial score (nSPS) is 11.4. The Morgan fingerprint density at radius 3 is 2.28 bits per heavy atom. The second kappa shape index (κ2) is 9.89. The van der Waals surface area contributed by atoms with Gasteiger partial charge in [-0.25, -0.2) is 0 Å². The van der Waals surface area contributed by atoms with Gasteiger partial charge in [0.25, 0.3) is 11.8 Å². The van der Waals surface area contributed by atoms with Crippen molar-refractivity contribution in [2.24, 2.45) is 0 Å². The fraction of sp³-hybridized carbons (Fsp3) is 0.130. The molecule has 3 aromatic carbocycles. The van der Waals surface area contributed by atoms with Gasteiger partial charge in [0.2, 0.25) is 0 Å². The molecular weight excluding hydrogens is 432 g/mol. The number of ether oxygens (including phenoxy) is 1. The lowest BCUT2D eigenvalue weighted by atomic mass is 10.1. The summed E-state index contributed by atoms with van der Waals surface area (Å²) in [5.74, 6) is 0.138. The zero-order valence-corrected chi connectivity index (χ0v) is 17.5. The highest BCUT2D eigenvalue weighted by molar-refractivity contribution is 9.10. The van der Waals surface area contributed by atoms with Gasteiger partial charge in [0.15, 0.2) is 6.61 Å². The molecule has 0 fully saturated rings. The zero-order chi connectivity index (χ0) is 20.6. The molecule has 3 aromatic rings. The number of hydrogen-bond donors (Lipinski definition) is 2. The van der Waals surface area contributed by atoms with E-state index in [0.717, 1.165) is 10.0 Å². The van der Waals surface area contributed by atoms with Crippen LogP contribution in [0.25, 0.3) is 0 Å². The fourth-order valence-corrected chi connectivity index (χ4v) is 3.20. The highest BCUT2D eigenvalue weighted by atomic mass is 79.9. The van der Waals surface area contributed by atoms with Crippen LogP contribution in [0.2, 0.25) is 0 Å². The summed E-state index contributed by atoms with van der Waals surface area (Å²) in [5, 5.41) is 5.73. The topological polar surface area (TPSA) is 67.4 Å². The Kier molecular flexibility index (Phi) is 7.03. The van der Waals surface area contributed by atoms with Crippen LogP contribution in [0.4, 0.5) is 5.69 Å². The Morgan fingerprint density at radius 1 is 0.931 bits per heavy atom. The number of anilines is 1. The molecule has 0 aliphatic heterocycles. The van der Waals surface area contributed by atoms with Crippen LogP contribution >= 0.6 is 15.9 Å². The summed E-state index contributed by atoms with van der Waals surface area (Å²) >= 11 is 3.37. The van der Waals surface area contributed by atoms with Crippen LogP contribution in [0, 0.1) is 0 Å². The van der Waals surface area contributed by atoms with Gasteiger partial charge in [-0.3, -0.25) is 9.59 Å². The van der Waals surface area contributed by atoms with Gasteiger partial charge in [0.05, 0.1) is 11.6 Å². The fourth-order valence-electron chi connectivity index (χ4n) is 2.74. The maximum Gasteiger partial charge on any atom is 0.258 e. The highest BCUT2D eigenvalue weighted by Crippen LogP contribution is 2.20. The maximum absolute atomic E-state index is 12.3. The SMILES string of the molecule is CC(NC(=O)COc1ccc(NC(=O)c2ccccc2Br)cc1)c1ccccc1. The molecule has 2 amide bonds. The first kappa shape index (κ1) is 20.6. The molecule has 3 rings (SSSR count). The third-order valence-electron chi connectivity index (χ3n) is 4.28. The molecule has 148 valence electrons. The second-order valence-corrected chi connectivity index (χ2v) is 7.30. The number of carbonyl (C=O) groups excluding carboxylic acids is 2. The van der Waals surface area contributed by atoms with Crippen molar-refractivity contribution in [2.75, 3.05) is 11.9 Å². The average Bonchev–Trinajstić information content (AvgIpc) is 2.74. The largest absolute Gasteiger partial charge is 0.484 e. The van der Waals surface area contributed by atoms with Gasteiger partial charge in [-0.2, -0.15) is 0 Å². The van der Waals surface area contributed by atoms with Crippen LogP contribution in [-0.4, -0.2) is 18.4 Å². The van der Waals surface area contributed by atoms with Crippen LogP contribution in [0.3, 0.4) is 0 Å². The van der Waals surface area contributed by atoms with Crippen molar-refractivity contribution in [3.05, 3.63) is 94.5 Å². The Bertz CT molecular complexity index is 975. The van der Waals surface area contributed by atoms with E-state index in [1.807, 2.05) is 49.4 Å². The molecule has 0 radical (unpaired) electrons. The van der Waals surface area contributed by atoms with Gasteiger partial charge < -0.3 is 15.4 Å². The second-order valence-electron chi connectivity index (χ2n) is 6.45. The van der Waals surface area contributed by atoms with E-state index < -0.39 is 0 Å². The van der Waals surface area contributed by atoms with E-state index >= 15 is 0 Å². The van der Waals surface area contributed by atoms with Gasteiger partial charge in [-0.05, 0) is 64.8 Å². The highest BCUT2D eigenvalue weighted by Gasteiger charge is 2.11. The third-order valence-corrected chi connectivity index (χ3v) is 4.97. The summed E-state index contributed by atoms with van der Waals surface area (Å²) in [6, 6.07) is 23.7. The van der Waals surface area contributed by atoms with Gasteiger partial charge in [-0.1, -0.05) is 42.5 Å². The summed E-state index contributed by atoms with van der Waals surface area (Å²) in [7, 11) is 0. The van der Waals surface area contributed by atoms with Crippen molar-refractivity contribution < 1.29 is 14.3 Å². The lowest BCUT2D eigenvalue weighted by molar-refractivity contribution is -0.123. The van der Waals surface area contributed by atoms with E-state index in [2.05, 4.69) is 26.6 Å². The van der Waals surface area contributed by atoms with Crippen molar-refractivity contribution in [2.45, 2.75) is 13.0 Å². The molecule has 0 bridgehead atoms. The van der Waals surface area contributed by atoms with Gasteiger partial charge in [-0.15, -0.1) is 0 Å². The molecule has 0 aliphatic rings. The molecule has 0 aromatic heterocycles. The minimum absolute atomic E-state index is 0.0835. The van der Waals surface area contributed by atoms with E-state index in [1.165, 1.54) is 0 Å². The molecule has 0 spiro atoms. The summed E-state index contributed by atoms with van der Waals surface area (Å²) in [6.07, 6.45) is 0. The molecule has 1 unspecified atom stereocenters. The van der Waals surface area contributed by atoms with Crippen LogP contribution in [0.1, 0.15) is 28.9 Å². The molecule has 1 atom stereocenters. The van der Waals surface area contributed by atoms with Crippen molar-refractivity contribution in [1.29, 1.82) is 0 Å². The molecule has 6 heteroatoms. The molecule has 0 saturated carbocycles. The number of nitrogens with one attached hydrogen (secondary N) is 2. The molecule has 29 heavy (non-hydrogen) atoms. The summed E-state index contributed by atoms with van der Waals surface area (Å²) in [5.41, 5.74) is 2.23. The summed E-state index contributed by atoms with van der Waals surface area (Å²) in [6.45, 7) is 1.84. The summed E-state index contributed by atoms with van der Waals surface area (Å²) in [4.78, 5) is 24.4. The standard InChI is InChI=1S/C23H21BrN2O3/c1-16(17-7-3-2-4-8-17)25-22(27)15-29-19-13-11-18(12-14-19)26-23(28)20-9-5-6-10-21(20)24/h2-14,16H,15H2,1H3,(H,25,27)(H,26,28). The van der Waals surface area contributed by atoms with E-state index in [0.29, 0.717) is 17.0 Å². The molecule has 0 aliphatic carbocycles. The third kappa shape index (κ3) is 5.93. The van der Waals surface area contributed by atoms with Crippen LogP contribution in [0.15, 0.2) is 83.3 Å². The van der Waals surface area contributed by atoms with Gasteiger partial charge >= 0.3 is 0 Å². The van der Waals surface area contributed by atoms with Crippen LogP contribution < -0.4 is 15.4 Å². The average molecular weight is 453 g/mol. The molecule has 5 nitrogen and oxygen atoms in total. The molecule has 2 N–H and O–H groups in total. The predicted octanol–water partition coefficient (Wildman–Crippen LogP) is 4.96. The Hall–Kier alpha value is -3.12. The molecular formula is C23H21BrN2O3. The minimum Gasteiger partial charge on any atom is -0.484 e. The van der Waals surface area contributed by atoms with Crippen molar-refractivity contribution in [3.8, 4) is 5.75 Å². The monoisotopic (exact) mass is 452 g/mol. The number of amides is 2. The number of carbonyl (C=O) groups is 2. The quantitative estimate of drug-likeness (QED) is 0.532. The smallest absolute Gasteiger partial charge is 0.258 e. The minimum atomic E-state index is -0.208. The zero-order valence-electron chi connectivity index (χ0n) is 15.9. The van der Waals surface area contributed by atoms with E-state index in [-0.39, 0.29) is 24.5 Å². The number of rotatable bonds is 7. The first-order chi connectivity index (χ1) is 14.0. The van der Waals surface area contributed by atoms with E-state index in [4.69, 9.17) is 4.74 Å². The lowest BCUT2D eigenvalue weighted by Gasteiger charge is -2.14. The van der Waals surface area contributed by atoms with Gasteiger partial charge in [0.1, 0.15) is 5.75 Å². The van der Waals surface area contributed by atoms with Crippen molar-refractivity contribution in [1.82, 2.24) is 5.32 Å². The Morgan fingerprint density at radius 2 is 1.59 bits per heavy atom. The Labute approximate surface area is 178 Å². The maximum atomic E-state index is 12.3. The number of hydrogen-bond acceptors (Lipinski definition) is 3. The number of halogens is 1. The number of benzene rings is 3. The molecule has 0 heterocycles. The predicted molar refractivity (Wildman–Crippen MR) is 117 cm³/mol. The van der Waals surface area contributed by atoms with E-state index in [1.54, 1.807) is 36.4 Å². The van der Waals surface area contributed by atoms with Crippen LogP contribution in [-0.2, 0) is 4.79 Å². The molecule has 0 saturated heterocycles. The first-order valence-electron chi connectivity index (χ1n) is 9.16. The first-order valence-corrected chi connectivity index (χ1v) is 9.95. The van der Waals surface area contributed by atoms with Crippen molar-refractivity contribution in [3.63, 3.8) is 0 Å². The van der Waals surface area contributed by atoms with Crippen molar-refractivity contribution >= 4 is 33.4 Å². The summed E-state index contributed by atoms with van der Waals surface area (Å²) < 4.78 is 6.27. The van der Waals surface area contributed by atoms with Gasteiger partial charge in [0, 0.05) is 10.2 Å². The van der Waals surface area contributed by atoms with E-state index in [9.17, 15) is 9.59 Å². The lowest BCUT2D eigenvalue weighted by Crippen LogP contribution is -2.31. The van der Waals surface area contributed by atoms with Crippen LogP contribution in [0.5, 0.6) is 5.75 Å².